The van der Waals surface area contributed by atoms with Crippen molar-refractivity contribution in [1.29, 1.82) is 0 Å². The summed E-state index contributed by atoms with van der Waals surface area (Å²) in [6, 6.07) is 4.97. The fourth-order valence-electron chi connectivity index (χ4n) is 2.76. The van der Waals surface area contributed by atoms with E-state index in [-0.39, 0.29) is 11.5 Å². The summed E-state index contributed by atoms with van der Waals surface area (Å²) in [6.07, 6.45) is 0.627. The van der Waals surface area contributed by atoms with E-state index in [0.29, 0.717) is 36.5 Å². The maximum Gasteiger partial charge on any atom is 0.335 e. The van der Waals surface area contributed by atoms with E-state index in [9.17, 15) is 9.59 Å². The maximum absolute atomic E-state index is 12.7. The van der Waals surface area contributed by atoms with Gasteiger partial charge in [0.2, 0.25) is 0 Å². The highest BCUT2D eigenvalue weighted by Gasteiger charge is 2.29. The molecule has 0 spiro atoms. The Bertz CT molecular complexity index is 764. The Balaban J connectivity index is 1.88. The third kappa shape index (κ3) is 2.26. The van der Waals surface area contributed by atoms with Crippen LogP contribution in [0.15, 0.2) is 22.7 Å². The summed E-state index contributed by atoms with van der Waals surface area (Å²) >= 11 is 0. The number of aromatic carboxylic acids is 1. The van der Waals surface area contributed by atoms with Gasteiger partial charge in [-0.1, -0.05) is 18.1 Å². The molecule has 0 atom stereocenters. The van der Waals surface area contributed by atoms with E-state index in [1.807, 2.05) is 6.92 Å². The van der Waals surface area contributed by atoms with Crippen LogP contribution in [0.5, 0.6) is 0 Å². The summed E-state index contributed by atoms with van der Waals surface area (Å²) in [4.78, 5) is 25.4. The number of hydrogen-bond acceptors (Lipinski definition) is 4. The van der Waals surface area contributed by atoms with E-state index in [0.717, 1.165) is 11.1 Å². The second kappa shape index (κ2) is 5.29. The summed E-state index contributed by atoms with van der Waals surface area (Å²) in [5.41, 5.74) is 3.27. The molecule has 0 saturated heterocycles. The number of aromatic nitrogens is 1. The number of carboxylic acids is 1. The number of fused-ring (bicyclic) bond motifs is 1. The van der Waals surface area contributed by atoms with Gasteiger partial charge in [-0.3, -0.25) is 4.79 Å². The molecule has 2 aromatic rings. The Morgan fingerprint density at radius 3 is 2.73 bits per heavy atom. The molecule has 0 bridgehead atoms. The molecule has 1 N–H and O–H groups in total. The van der Waals surface area contributed by atoms with Gasteiger partial charge in [0.05, 0.1) is 11.3 Å². The molecule has 0 aliphatic carbocycles. The standard InChI is InChI=1S/C16H16N2O4/c1-3-13-14(9(2)22-17-13)15(19)18-7-11-5-4-10(16(20)21)6-12(11)8-18/h4-6H,3,7-8H2,1-2H3,(H,20,21). The van der Waals surface area contributed by atoms with Crippen LogP contribution < -0.4 is 0 Å². The first-order chi connectivity index (χ1) is 10.5. The van der Waals surface area contributed by atoms with Crippen molar-refractivity contribution in [3.63, 3.8) is 0 Å². The van der Waals surface area contributed by atoms with Gasteiger partial charge in [0.1, 0.15) is 11.3 Å². The van der Waals surface area contributed by atoms with Crippen molar-refractivity contribution < 1.29 is 19.2 Å². The zero-order chi connectivity index (χ0) is 15.9. The normalized spacial score (nSPS) is 13.3. The molecule has 3 rings (SSSR count). The molecule has 0 saturated carbocycles. The number of hydrogen-bond donors (Lipinski definition) is 1. The predicted octanol–water partition coefficient (Wildman–Crippen LogP) is 2.40. The van der Waals surface area contributed by atoms with Crippen LogP contribution in [0.1, 0.15) is 50.2 Å². The molecule has 0 unspecified atom stereocenters. The van der Waals surface area contributed by atoms with Gasteiger partial charge < -0.3 is 14.5 Å². The average molecular weight is 300 g/mol. The minimum atomic E-state index is -0.962. The molecule has 2 heterocycles. The molecular weight excluding hydrogens is 284 g/mol. The van der Waals surface area contributed by atoms with Crippen LogP contribution in [0.2, 0.25) is 0 Å². The molecule has 1 aromatic carbocycles. The van der Waals surface area contributed by atoms with Crippen LogP contribution in [-0.2, 0) is 19.5 Å². The third-order valence-corrected chi connectivity index (χ3v) is 3.95. The van der Waals surface area contributed by atoms with Crippen LogP contribution in [0.3, 0.4) is 0 Å². The van der Waals surface area contributed by atoms with Crippen molar-refractivity contribution in [3.8, 4) is 0 Å². The molecular formula is C16H16N2O4. The number of carbonyl (C=O) groups is 2. The number of carboxylic acid groups (broad SMARTS) is 1. The summed E-state index contributed by atoms with van der Waals surface area (Å²) in [7, 11) is 0. The Kier molecular flexibility index (Phi) is 3.44. The zero-order valence-electron chi connectivity index (χ0n) is 12.4. The van der Waals surface area contributed by atoms with Gasteiger partial charge in [0.15, 0.2) is 0 Å². The van der Waals surface area contributed by atoms with Gasteiger partial charge in [-0.25, -0.2) is 4.79 Å². The molecule has 6 nitrogen and oxygen atoms in total. The van der Waals surface area contributed by atoms with Crippen LogP contribution in [0.4, 0.5) is 0 Å². The molecule has 114 valence electrons. The number of benzene rings is 1. The maximum atomic E-state index is 12.7. The predicted molar refractivity (Wildman–Crippen MR) is 77.6 cm³/mol. The molecule has 1 amide bonds. The largest absolute Gasteiger partial charge is 0.478 e. The summed E-state index contributed by atoms with van der Waals surface area (Å²) in [5.74, 6) is -0.566. The molecule has 0 fully saturated rings. The smallest absolute Gasteiger partial charge is 0.335 e. The van der Waals surface area contributed by atoms with Crippen molar-refractivity contribution >= 4 is 11.9 Å². The minimum absolute atomic E-state index is 0.122. The first kappa shape index (κ1) is 14.3. The topological polar surface area (TPSA) is 83.6 Å². The Hall–Kier alpha value is -2.63. The number of rotatable bonds is 3. The van der Waals surface area contributed by atoms with Crippen molar-refractivity contribution in [2.45, 2.75) is 33.4 Å². The highest BCUT2D eigenvalue weighted by atomic mass is 16.5. The lowest BCUT2D eigenvalue weighted by atomic mass is 10.1. The lowest BCUT2D eigenvalue weighted by Gasteiger charge is -2.15. The average Bonchev–Trinajstić information content (AvgIpc) is 3.08. The first-order valence-electron chi connectivity index (χ1n) is 7.10. The van der Waals surface area contributed by atoms with Gasteiger partial charge in [-0.05, 0) is 36.6 Å². The monoisotopic (exact) mass is 300 g/mol. The van der Waals surface area contributed by atoms with Gasteiger partial charge in [-0.2, -0.15) is 0 Å². The molecule has 22 heavy (non-hydrogen) atoms. The Morgan fingerprint density at radius 1 is 1.32 bits per heavy atom. The number of aryl methyl sites for hydroxylation is 2. The van der Waals surface area contributed by atoms with E-state index in [4.69, 9.17) is 9.63 Å². The third-order valence-electron chi connectivity index (χ3n) is 3.95. The fourth-order valence-corrected chi connectivity index (χ4v) is 2.76. The van der Waals surface area contributed by atoms with Crippen LogP contribution in [0, 0.1) is 6.92 Å². The summed E-state index contributed by atoms with van der Waals surface area (Å²) in [6.45, 7) is 4.53. The molecule has 6 heteroatoms. The molecule has 0 radical (unpaired) electrons. The van der Waals surface area contributed by atoms with Gasteiger partial charge >= 0.3 is 5.97 Å². The van der Waals surface area contributed by atoms with Crippen LogP contribution in [0.25, 0.3) is 0 Å². The molecule has 1 aliphatic heterocycles. The highest BCUT2D eigenvalue weighted by Crippen LogP contribution is 2.27. The zero-order valence-corrected chi connectivity index (χ0v) is 12.4. The first-order valence-corrected chi connectivity index (χ1v) is 7.10. The SMILES string of the molecule is CCc1noc(C)c1C(=O)N1Cc2ccc(C(=O)O)cc2C1. The summed E-state index contributed by atoms with van der Waals surface area (Å²) in [5, 5.41) is 13.0. The van der Waals surface area contributed by atoms with Gasteiger partial charge in [-0.15, -0.1) is 0 Å². The Morgan fingerprint density at radius 2 is 2.05 bits per heavy atom. The second-order valence-corrected chi connectivity index (χ2v) is 5.36. The van der Waals surface area contributed by atoms with Crippen molar-refractivity contribution in [1.82, 2.24) is 10.1 Å². The van der Waals surface area contributed by atoms with Crippen molar-refractivity contribution in [2.24, 2.45) is 0 Å². The van der Waals surface area contributed by atoms with E-state index < -0.39 is 5.97 Å². The van der Waals surface area contributed by atoms with Gasteiger partial charge in [0, 0.05) is 13.1 Å². The quantitative estimate of drug-likeness (QED) is 0.941. The van der Waals surface area contributed by atoms with Gasteiger partial charge in [0.25, 0.3) is 5.91 Å². The molecule has 1 aromatic heterocycles. The number of carbonyl (C=O) groups excluding carboxylic acids is 1. The van der Waals surface area contributed by atoms with Crippen LogP contribution >= 0.6 is 0 Å². The molecule has 1 aliphatic rings. The highest BCUT2D eigenvalue weighted by molar-refractivity contribution is 5.96. The summed E-state index contributed by atoms with van der Waals surface area (Å²) < 4.78 is 5.12. The lowest BCUT2D eigenvalue weighted by molar-refractivity contribution is 0.0696. The van der Waals surface area contributed by atoms with Crippen molar-refractivity contribution in [2.75, 3.05) is 0 Å². The van der Waals surface area contributed by atoms with E-state index >= 15 is 0 Å². The second-order valence-electron chi connectivity index (χ2n) is 5.36. The van der Waals surface area contributed by atoms with E-state index in [2.05, 4.69) is 5.16 Å². The lowest BCUT2D eigenvalue weighted by Crippen LogP contribution is -2.26. The van der Waals surface area contributed by atoms with E-state index in [1.54, 1.807) is 30.0 Å². The van der Waals surface area contributed by atoms with Crippen molar-refractivity contribution in [3.05, 3.63) is 51.9 Å². The van der Waals surface area contributed by atoms with E-state index in [1.165, 1.54) is 0 Å². The number of nitrogens with zero attached hydrogens (tertiary/aromatic N) is 2. The number of amides is 1. The fraction of sp³-hybridized carbons (Fsp3) is 0.312. The Labute approximate surface area is 127 Å². The van der Waals surface area contributed by atoms with Crippen LogP contribution in [-0.4, -0.2) is 27.0 Å². The minimum Gasteiger partial charge on any atom is -0.478 e.